The van der Waals surface area contributed by atoms with E-state index in [1.807, 2.05) is 18.2 Å². The molecule has 0 spiro atoms. The highest BCUT2D eigenvalue weighted by molar-refractivity contribution is 5.63. The molecule has 1 N–H and O–H groups in total. The molecule has 0 bridgehead atoms. The van der Waals surface area contributed by atoms with Crippen molar-refractivity contribution in [3.05, 3.63) is 84.4 Å². The van der Waals surface area contributed by atoms with Crippen molar-refractivity contribution in [1.29, 1.82) is 0 Å². The lowest BCUT2D eigenvalue weighted by molar-refractivity contribution is 0.289. The Kier molecular flexibility index (Phi) is 6.32. The number of anilines is 1. The van der Waals surface area contributed by atoms with E-state index in [9.17, 15) is 0 Å². The normalized spacial score (nSPS) is 10.7. The number of ether oxygens (including phenoxy) is 1. The molecule has 2 heteroatoms. The fraction of sp³-hybridized carbons (Fsp3) is 0.250. The van der Waals surface area contributed by atoms with E-state index in [4.69, 9.17) is 4.74 Å². The van der Waals surface area contributed by atoms with E-state index in [-0.39, 0.29) is 0 Å². The highest BCUT2D eigenvalue weighted by Crippen LogP contribution is 2.21. The first-order valence-corrected chi connectivity index (χ1v) is 9.32. The molecular formula is C24H27NO. The smallest absolute Gasteiger partial charge is 0.121 e. The predicted molar refractivity (Wildman–Crippen MR) is 111 cm³/mol. The predicted octanol–water partition coefficient (Wildman–Crippen LogP) is 6.39. The van der Waals surface area contributed by atoms with Gasteiger partial charge in [0.25, 0.3) is 0 Å². The average Bonchev–Trinajstić information content (AvgIpc) is 2.68. The minimum atomic E-state index is 0.662. The van der Waals surface area contributed by atoms with E-state index in [2.05, 4.69) is 79.8 Å². The standard InChI is InChI=1S/C24H27NO/c1-19(2)15-16-26-24-10-6-9-23(17-24)25-18-20-11-13-22(14-12-20)21-7-4-3-5-8-21/h3-14,17,19,25H,15-16,18H2,1-2H3. The molecule has 0 amide bonds. The van der Waals surface area contributed by atoms with E-state index in [1.165, 1.54) is 16.7 Å². The van der Waals surface area contributed by atoms with Crippen LogP contribution in [0.15, 0.2) is 78.9 Å². The first-order valence-electron chi connectivity index (χ1n) is 9.32. The summed E-state index contributed by atoms with van der Waals surface area (Å²) in [6.07, 6.45) is 1.07. The van der Waals surface area contributed by atoms with Crippen LogP contribution in [-0.2, 0) is 6.54 Å². The van der Waals surface area contributed by atoms with Crippen molar-refractivity contribution in [3.63, 3.8) is 0 Å². The van der Waals surface area contributed by atoms with Gasteiger partial charge in [0.2, 0.25) is 0 Å². The van der Waals surface area contributed by atoms with E-state index >= 15 is 0 Å². The van der Waals surface area contributed by atoms with E-state index < -0.39 is 0 Å². The topological polar surface area (TPSA) is 21.3 Å². The van der Waals surface area contributed by atoms with Crippen LogP contribution in [-0.4, -0.2) is 6.61 Å². The zero-order chi connectivity index (χ0) is 18.2. The molecule has 3 aromatic carbocycles. The van der Waals surface area contributed by atoms with Crippen LogP contribution in [0.3, 0.4) is 0 Å². The van der Waals surface area contributed by atoms with Gasteiger partial charge in [-0.3, -0.25) is 0 Å². The number of rotatable bonds is 8. The summed E-state index contributed by atoms with van der Waals surface area (Å²) >= 11 is 0. The van der Waals surface area contributed by atoms with Crippen LogP contribution < -0.4 is 10.1 Å². The minimum absolute atomic E-state index is 0.662. The largest absolute Gasteiger partial charge is 0.494 e. The fourth-order valence-electron chi connectivity index (χ4n) is 2.76. The van der Waals surface area contributed by atoms with Gasteiger partial charge in [-0.25, -0.2) is 0 Å². The third-order valence-corrected chi connectivity index (χ3v) is 4.36. The second-order valence-electron chi connectivity index (χ2n) is 6.98. The highest BCUT2D eigenvalue weighted by Gasteiger charge is 2.01. The van der Waals surface area contributed by atoms with Gasteiger partial charge in [0, 0.05) is 18.3 Å². The van der Waals surface area contributed by atoms with Gasteiger partial charge >= 0.3 is 0 Å². The van der Waals surface area contributed by atoms with E-state index in [0.717, 1.165) is 31.0 Å². The lowest BCUT2D eigenvalue weighted by Gasteiger charge is -2.11. The monoisotopic (exact) mass is 345 g/mol. The molecule has 3 aromatic rings. The van der Waals surface area contributed by atoms with Crippen molar-refractivity contribution in [2.75, 3.05) is 11.9 Å². The number of hydrogen-bond donors (Lipinski definition) is 1. The molecule has 134 valence electrons. The van der Waals surface area contributed by atoms with Crippen molar-refractivity contribution < 1.29 is 4.74 Å². The average molecular weight is 345 g/mol. The lowest BCUT2D eigenvalue weighted by Crippen LogP contribution is -2.02. The van der Waals surface area contributed by atoms with E-state index in [0.29, 0.717) is 5.92 Å². The molecule has 26 heavy (non-hydrogen) atoms. The van der Waals surface area contributed by atoms with Crippen molar-refractivity contribution in [2.24, 2.45) is 5.92 Å². The quantitative estimate of drug-likeness (QED) is 0.510. The molecule has 3 rings (SSSR count). The Morgan fingerprint density at radius 1 is 0.808 bits per heavy atom. The summed E-state index contributed by atoms with van der Waals surface area (Å²) in [5, 5.41) is 3.48. The molecule has 0 radical (unpaired) electrons. The van der Waals surface area contributed by atoms with Gasteiger partial charge in [-0.2, -0.15) is 0 Å². The maximum Gasteiger partial charge on any atom is 0.121 e. The Labute approximate surface area is 156 Å². The van der Waals surface area contributed by atoms with Crippen LogP contribution in [0.2, 0.25) is 0 Å². The van der Waals surface area contributed by atoms with Gasteiger partial charge in [0.15, 0.2) is 0 Å². The molecule has 0 heterocycles. The zero-order valence-electron chi connectivity index (χ0n) is 15.6. The Bertz CT molecular complexity index is 794. The number of benzene rings is 3. The molecule has 0 saturated carbocycles. The van der Waals surface area contributed by atoms with Crippen molar-refractivity contribution in [3.8, 4) is 16.9 Å². The third-order valence-electron chi connectivity index (χ3n) is 4.36. The minimum Gasteiger partial charge on any atom is -0.494 e. The molecule has 0 fully saturated rings. The summed E-state index contributed by atoms with van der Waals surface area (Å²) in [5.74, 6) is 1.59. The molecule has 0 aliphatic heterocycles. The van der Waals surface area contributed by atoms with Gasteiger partial charge in [-0.15, -0.1) is 0 Å². The number of hydrogen-bond acceptors (Lipinski definition) is 2. The molecule has 0 atom stereocenters. The first-order chi connectivity index (χ1) is 12.7. The summed E-state index contributed by atoms with van der Waals surface area (Å²) < 4.78 is 5.83. The molecule has 0 aliphatic rings. The lowest BCUT2D eigenvalue weighted by atomic mass is 10.0. The van der Waals surface area contributed by atoms with Crippen molar-refractivity contribution >= 4 is 5.69 Å². The van der Waals surface area contributed by atoms with Gasteiger partial charge in [-0.05, 0) is 41.2 Å². The third kappa shape index (κ3) is 5.38. The van der Waals surface area contributed by atoms with Crippen LogP contribution in [0.4, 0.5) is 5.69 Å². The summed E-state index contributed by atoms with van der Waals surface area (Å²) in [7, 11) is 0. The van der Waals surface area contributed by atoms with Crippen LogP contribution >= 0.6 is 0 Å². The Hall–Kier alpha value is -2.74. The Morgan fingerprint density at radius 2 is 1.54 bits per heavy atom. The second kappa shape index (κ2) is 9.10. The van der Waals surface area contributed by atoms with Crippen molar-refractivity contribution in [2.45, 2.75) is 26.8 Å². The highest BCUT2D eigenvalue weighted by atomic mass is 16.5. The van der Waals surface area contributed by atoms with Crippen LogP contribution in [0.25, 0.3) is 11.1 Å². The van der Waals surface area contributed by atoms with Gasteiger partial charge in [0.05, 0.1) is 6.61 Å². The van der Waals surface area contributed by atoms with Gasteiger partial charge in [-0.1, -0.05) is 74.5 Å². The summed E-state index contributed by atoms with van der Waals surface area (Å²) in [6, 6.07) is 27.4. The van der Waals surface area contributed by atoms with Crippen LogP contribution in [0.5, 0.6) is 5.75 Å². The molecule has 0 aromatic heterocycles. The number of nitrogens with one attached hydrogen (secondary N) is 1. The Morgan fingerprint density at radius 3 is 2.27 bits per heavy atom. The molecular weight excluding hydrogens is 318 g/mol. The fourth-order valence-corrected chi connectivity index (χ4v) is 2.76. The molecule has 0 saturated heterocycles. The first kappa shape index (κ1) is 18.1. The second-order valence-corrected chi connectivity index (χ2v) is 6.98. The van der Waals surface area contributed by atoms with Crippen LogP contribution in [0.1, 0.15) is 25.8 Å². The van der Waals surface area contributed by atoms with Crippen molar-refractivity contribution in [1.82, 2.24) is 0 Å². The summed E-state index contributed by atoms with van der Waals surface area (Å²) in [4.78, 5) is 0. The summed E-state index contributed by atoms with van der Waals surface area (Å²) in [6.45, 7) is 5.99. The molecule has 0 unspecified atom stereocenters. The molecule has 0 aliphatic carbocycles. The van der Waals surface area contributed by atoms with Gasteiger partial charge in [0.1, 0.15) is 5.75 Å². The summed E-state index contributed by atoms with van der Waals surface area (Å²) in [5.41, 5.74) is 4.84. The van der Waals surface area contributed by atoms with Crippen LogP contribution in [0, 0.1) is 5.92 Å². The maximum absolute atomic E-state index is 5.83. The maximum atomic E-state index is 5.83. The van der Waals surface area contributed by atoms with Gasteiger partial charge < -0.3 is 10.1 Å². The SMILES string of the molecule is CC(C)CCOc1cccc(NCc2ccc(-c3ccccc3)cc2)c1. The van der Waals surface area contributed by atoms with E-state index in [1.54, 1.807) is 0 Å². The Balaban J connectivity index is 1.55. The zero-order valence-corrected chi connectivity index (χ0v) is 15.6. The molecule has 2 nitrogen and oxygen atoms in total.